The van der Waals surface area contributed by atoms with Gasteiger partial charge in [-0.05, 0) is 0 Å². The van der Waals surface area contributed by atoms with E-state index in [9.17, 15) is 28.8 Å². The van der Waals surface area contributed by atoms with Crippen molar-refractivity contribution in [1.82, 2.24) is 16.0 Å². The molecular weight excluding hydrogens is 368 g/mol. The third kappa shape index (κ3) is 9.13. The van der Waals surface area contributed by atoms with Crippen molar-refractivity contribution in [2.24, 2.45) is 17.2 Å². The summed E-state index contributed by atoms with van der Waals surface area (Å²) in [4.78, 5) is 68.5. The summed E-state index contributed by atoms with van der Waals surface area (Å²) in [6.45, 7) is -1.32. The number of amides is 5. The molecule has 0 spiro atoms. The van der Waals surface area contributed by atoms with Gasteiger partial charge >= 0.3 is 5.97 Å². The molecule has 0 rings (SSSR count). The summed E-state index contributed by atoms with van der Waals surface area (Å²) in [5, 5.41) is 24.2. The molecular formula is C13H22N6O8. The lowest BCUT2D eigenvalue weighted by molar-refractivity contribution is -0.144. The second-order valence-electron chi connectivity index (χ2n) is 5.31. The average Bonchev–Trinajstić information content (AvgIpc) is 2.56. The van der Waals surface area contributed by atoms with E-state index in [1.54, 1.807) is 0 Å². The van der Waals surface area contributed by atoms with Gasteiger partial charge in [-0.15, -0.1) is 0 Å². The molecule has 0 aromatic heterocycles. The van der Waals surface area contributed by atoms with Crippen LogP contribution in [0.3, 0.4) is 0 Å². The number of hydrogen-bond acceptors (Lipinski definition) is 8. The quantitative estimate of drug-likeness (QED) is 0.157. The molecule has 0 aliphatic carbocycles. The summed E-state index contributed by atoms with van der Waals surface area (Å²) in [5.74, 6) is -6.56. The van der Waals surface area contributed by atoms with Crippen molar-refractivity contribution in [3.8, 4) is 0 Å². The number of aliphatic hydroxyl groups excluding tert-OH is 1. The maximum absolute atomic E-state index is 12.2. The molecule has 0 radical (unpaired) electrons. The molecule has 3 atom stereocenters. The second-order valence-corrected chi connectivity index (χ2v) is 5.31. The van der Waals surface area contributed by atoms with Crippen LogP contribution in [0.5, 0.6) is 0 Å². The lowest BCUT2D eigenvalue weighted by Crippen LogP contribution is -2.58. The van der Waals surface area contributed by atoms with Crippen LogP contribution in [0.2, 0.25) is 0 Å². The third-order valence-corrected chi connectivity index (χ3v) is 3.08. The van der Waals surface area contributed by atoms with Gasteiger partial charge in [-0.1, -0.05) is 0 Å². The molecule has 14 nitrogen and oxygen atoms in total. The first kappa shape index (κ1) is 23.7. The van der Waals surface area contributed by atoms with E-state index in [0.717, 1.165) is 0 Å². The normalized spacial score (nSPS) is 13.6. The number of carboxylic acids is 1. The smallest absolute Gasteiger partial charge is 0.326 e. The summed E-state index contributed by atoms with van der Waals surface area (Å²) in [6.07, 6.45) is -1.45. The van der Waals surface area contributed by atoms with Crippen LogP contribution in [0.25, 0.3) is 0 Å². The highest BCUT2D eigenvalue weighted by molar-refractivity contribution is 5.96. The van der Waals surface area contributed by atoms with Gasteiger partial charge in [0.15, 0.2) is 0 Å². The van der Waals surface area contributed by atoms with Crippen molar-refractivity contribution in [3.63, 3.8) is 0 Å². The van der Waals surface area contributed by atoms with Crippen molar-refractivity contribution in [2.45, 2.75) is 31.0 Å². The molecule has 0 fully saturated rings. The van der Waals surface area contributed by atoms with Crippen LogP contribution in [-0.2, 0) is 28.8 Å². The Labute approximate surface area is 152 Å². The molecule has 0 saturated carbocycles. The lowest BCUT2D eigenvalue weighted by atomic mass is 10.1. The Hall–Kier alpha value is -3.26. The number of aliphatic hydroxyl groups is 1. The number of carboxylic acid groups (broad SMARTS) is 1. The highest BCUT2D eigenvalue weighted by Crippen LogP contribution is 1.99. The number of primary amides is 2. The standard InChI is InChI=1S/C13H22N6O8/c14-3-10(23)17-7(4-20)12(25)18-5(1-8(15)21)11(24)19-6(13(26)27)2-9(16)22/h5-7,20H,1-4,14H2,(H2,15,21)(H2,16,22)(H,17,23)(H,18,25)(H,19,24)(H,26,27). The second kappa shape index (κ2) is 11.4. The Bertz CT molecular complexity index is 610. The summed E-state index contributed by atoms with van der Waals surface area (Å²) in [5.41, 5.74) is 14.9. The van der Waals surface area contributed by atoms with E-state index >= 15 is 0 Å². The van der Waals surface area contributed by atoms with Gasteiger partial charge in [-0.3, -0.25) is 24.0 Å². The van der Waals surface area contributed by atoms with Gasteiger partial charge in [0.1, 0.15) is 18.1 Å². The predicted octanol–water partition coefficient (Wildman–Crippen LogP) is -5.77. The molecule has 27 heavy (non-hydrogen) atoms. The van der Waals surface area contributed by atoms with Gasteiger partial charge in [-0.2, -0.15) is 0 Å². The van der Waals surface area contributed by atoms with Gasteiger partial charge in [0.25, 0.3) is 0 Å². The first-order valence-corrected chi connectivity index (χ1v) is 7.52. The first-order valence-electron chi connectivity index (χ1n) is 7.52. The molecule has 0 heterocycles. The molecule has 0 aliphatic heterocycles. The van der Waals surface area contributed by atoms with E-state index in [1.165, 1.54) is 0 Å². The number of aliphatic carboxylic acids is 1. The van der Waals surface area contributed by atoms with Crippen molar-refractivity contribution >= 4 is 35.5 Å². The monoisotopic (exact) mass is 390 g/mol. The summed E-state index contributed by atoms with van der Waals surface area (Å²) < 4.78 is 0. The minimum absolute atomic E-state index is 0.470. The molecule has 0 bridgehead atoms. The topological polar surface area (TPSA) is 257 Å². The summed E-state index contributed by atoms with van der Waals surface area (Å²) >= 11 is 0. The van der Waals surface area contributed by atoms with E-state index in [2.05, 4.69) is 5.32 Å². The van der Waals surface area contributed by atoms with Crippen LogP contribution >= 0.6 is 0 Å². The molecule has 3 unspecified atom stereocenters. The Balaban J connectivity index is 5.23. The Kier molecular flexibility index (Phi) is 10.0. The van der Waals surface area contributed by atoms with Crippen molar-refractivity contribution in [3.05, 3.63) is 0 Å². The molecule has 5 amide bonds. The third-order valence-electron chi connectivity index (χ3n) is 3.08. The molecule has 14 heteroatoms. The van der Waals surface area contributed by atoms with Crippen molar-refractivity contribution in [1.29, 1.82) is 0 Å². The molecule has 0 aromatic rings. The van der Waals surface area contributed by atoms with Gasteiger partial charge in [0.05, 0.1) is 26.0 Å². The SMILES string of the molecule is NCC(=O)NC(CO)C(=O)NC(CC(N)=O)C(=O)NC(CC(N)=O)C(=O)O. The van der Waals surface area contributed by atoms with Crippen LogP contribution in [0.1, 0.15) is 12.8 Å². The zero-order valence-corrected chi connectivity index (χ0v) is 14.1. The van der Waals surface area contributed by atoms with E-state index in [0.29, 0.717) is 0 Å². The fourth-order valence-corrected chi connectivity index (χ4v) is 1.80. The number of nitrogens with one attached hydrogen (secondary N) is 3. The lowest BCUT2D eigenvalue weighted by Gasteiger charge is -2.22. The van der Waals surface area contributed by atoms with E-state index < -0.39 is 79.6 Å². The van der Waals surface area contributed by atoms with Gasteiger partial charge in [0, 0.05) is 0 Å². The highest BCUT2D eigenvalue weighted by Gasteiger charge is 2.30. The maximum atomic E-state index is 12.2. The zero-order valence-electron chi connectivity index (χ0n) is 14.1. The summed E-state index contributed by atoms with van der Waals surface area (Å²) in [6, 6.07) is -4.81. The molecule has 0 saturated heterocycles. The fourth-order valence-electron chi connectivity index (χ4n) is 1.80. The number of hydrogen-bond donors (Lipinski definition) is 8. The Morgan fingerprint density at radius 3 is 1.63 bits per heavy atom. The van der Waals surface area contributed by atoms with Gasteiger partial charge in [-0.25, -0.2) is 4.79 Å². The van der Waals surface area contributed by atoms with Crippen LogP contribution in [-0.4, -0.2) is 77.0 Å². The molecule has 152 valence electrons. The number of carbonyl (C=O) groups is 6. The van der Waals surface area contributed by atoms with Gasteiger partial charge < -0.3 is 43.4 Å². The van der Waals surface area contributed by atoms with E-state index in [1.807, 2.05) is 10.6 Å². The first-order chi connectivity index (χ1) is 12.5. The van der Waals surface area contributed by atoms with Crippen molar-refractivity contribution < 1.29 is 39.0 Å². The molecule has 0 aromatic carbocycles. The van der Waals surface area contributed by atoms with Crippen molar-refractivity contribution in [2.75, 3.05) is 13.2 Å². The van der Waals surface area contributed by atoms with Gasteiger partial charge in [0.2, 0.25) is 29.5 Å². The fraction of sp³-hybridized carbons (Fsp3) is 0.538. The minimum atomic E-state index is -1.70. The van der Waals surface area contributed by atoms with Crippen LogP contribution in [0.15, 0.2) is 0 Å². The molecule has 0 aliphatic rings. The zero-order chi connectivity index (χ0) is 21.1. The highest BCUT2D eigenvalue weighted by atomic mass is 16.4. The van der Waals surface area contributed by atoms with Crippen LogP contribution < -0.4 is 33.2 Å². The Morgan fingerprint density at radius 1 is 0.778 bits per heavy atom. The van der Waals surface area contributed by atoms with Crippen LogP contribution in [0, 0.1) is 0 Å². The van der Waals surface area contributed by atoms with E-state index in [-0.39, 0.29) is 0 Å². The Morgan fingerprint density at radius 2 is 1.22 bits per heavy atom. The number of nitrogens with two attached hydrogens (primary N) is 3. The number of rotatable bonds is 12. The molecule has 11 N–H and O–H groups in total. The number of carbonyl (C=O) groups excluding carboxylic acids is 5. The average molecular weight is 390 g/mol. The largest absolute Gasteiger partial charge is 0.480 e. The van der Waals surface area contributed by atoms with E-state index in [4.69, 9.17) is 27.4 Å². The predicted molar refractivity (Wildman–Crippen MR) is 87.2 cm³/mol. The van der Waals surface area contributed by atoms with Crippen LogP contribution in [0.4, 0.5) is 0 Å². The minimum Gasteiger partial charge on any atom is -0.480 e. The maximum Gasteiger partial charge on any atom is 0.326 e. The summed E-state index contributed by atoms with van der Waals surface area (Å²) in [7, 11) is 0.